The van der Waals surface area contributed by atoms with Crippen molar-refractivity contribution in [3.8, 4) is 5.75 Å². The van der Waals surface area contributed by atoms with E-state index in [1.165, 1.54) is 18.5 Å². The summed E-state index contributed by atoms with van der Waals surface area (Å²) in [5.41, 5.74) is 2.75. The molecule has 7 heteroatoms. The summed E-state index contributed by atoms with van der Waals surface area (Å²) in [5.74, 6) is 1.97. The van der Waals surface area contributed by atoms with Gasteiger partial charge >= 0.3 is 6.03 Å². The van der Waals surface area contributed by atoms with Gasteiger partial charge in [0.25, 0.3) is 0 Å². The number of nitrogens with one attached hydrogen (secondary N) is 1. The van der Waals surface area contributed by atoms with Gasteiger partial charge in [0, 0.05) is 18.7 Å². The third-order valence-corrected chi connectivity index (χ3v) is 4.96. The summed E-state index contributed by atoms with van der Waals surface area (Å²) in [6.07, 6.45) is 4.04. The highest BCUT2D eigenvalue weighted by Crippen LogP contribution is 2.40. The van der Waals surface area contributed by atoms with Gasteiger partial charge in [-0.15, -0.1) is 0 Å². The second kappa shape index (κ2) is 8.43. The lowest BCUT2D eigenvalue weighted by molar-refractivity contribution is 0.200. The summed E-state index contributed by atoms with van der Waals surface area (Å²) in [6.45, 7) is 3.19. The molecule has 1 aromatic carbocycles. The number of furan rings is 1. The number of benzene rings is 1. The van der Waals surface area contributed by atoms with Crippen LogP contribution in [0.5, 0.6) is 5.75 Å². The molecule has 0 aliphatic heterocycles. The molecule has 4 rings (SSSR count). The summed E-state index contributed by atoms with van der Waals surface area (Å²) in [7, 11) is 1.96. The van der Waals surface area contributed by atoms with E-state index < -0.39 is 0 Å². The first-order valence-electron chi connectivity index (χ1n) is 9.97. The van der Waals surface area contributed by atoms with E-state index in [0.717, 1.165) is 11.5 Å². The van der Waals surface area contributed by atoms with Crippen molar-refractivity contribution < 1.29 is 13.9 Å². The van der Waals surface area contributed by atoms with Crippen LogP contribution >= 0.6 is 0 Å². The minimum atomic E-state index is -0.229. The number of aryl methyl sites for hydroxylation is 1. The van der Waals surface area contributed by atoms with Gasteiger partial charge in [0.05, 0.1) is 37.3 Å². The Bertz CT molecular complexity index is 960. The van der Waals surface area contributed by atoms with Gasteiger partial charge in [0.15, 0.2) is 0 Å². The minimum absolute atomic E-state index is 0.229. The van der Waals surface area contributed by atoms with Gasteiger partial charge in [0.1, 0.15) is 11.5 Å². The van der Waals surface area contributed by atoms with E-state index in [9.17, 15) is 4.79 Å². The molecule has 1 fully saturated rings. The van der Waals surface area contributed by atoms with Crippen LogP contribution in [0.15, 0.2) is 53.1 Å². The number of rotatable bonds is 8. The minimum Gasteiger partial charge on any atom is -0.492 e. The fourth-order valence-corrected chi connectivity index (χ4v) is 3.41. The molecule has 2 heterocycles. The summed E-state index contributed by atoms with van der Waals surface area (Å²) in [4.78, 5) is 14.8. The summed E-state index contributed by atoms with van der Waals surface area (Å²) >= 11 is 0. The van der Waals surface area contributed by atoms with E-state index in [2.05, 4.69) is 16.5 Å². The van der Waals surface area contributed by atoms with E-state index >= 15 is 0 Å². The summed E-state index contributed by atoms with van der Waals surface area (Å²) in [6, 6.07) is 13.0. The Morgan fingerprint density at radius 2 is 2.10 bits per heavy atom. The lowest BCUT2D eigenvalue weighted by Gasteiger charge is -2.22. The topological polar surface area (TPSA) is 72.5 Å². The van der Waals surface area contributed by atoms with Gasteiger partial charge in [-0.25, -0.2) is 4.79 Å². The van der Waals surface area contributed by atoms with Crippen LogP contribution in [-0.4, -0.2) is 27.3 Å². The predicted octanol–water partition coefficient (Wildman–Crippen LogP) is 4.52. The maximum absolute atomic E-state index is 13.1. The molecule has 0 unspecified atom stereocenters. The van der Waals surface area contributed by atoms with E-state index in [4.69, 9.17) is 9.15 Å². The molecule has 1 N–H and O–H groups in total. The lowest BCUT2D eigenvalue weighted by Crippen LogP contribution is -2.34. The summed E-state index contributed by atoms with van der Waals surface area (Å²) < 4.78 is 13.0. The van der Waals surface area contributed by atoms with Crippen molar-refractivity contribution in [2.75, 3.05) is 11.9 Å². The third kappa shape index (κ3) is 4.62. The summed E-state index contributed by atoms with van der Waals surface area (Å²) in [5, 5.41) is 7.59. The van der Waals surface area contributed by atoms with Crippen molar-refractivity contribution >= 4 is 11.7 Å². The normalized spacial score (nSPS) is 13.3. The molecule has 1 saturated carbocycles. The Morgan fingerprint density at radius 3 is 2.83 bits per heavy atom. The molecule has 1 aliphatic carbocycles. The van der Waals surface area contributed by atoms with Gasteiger partial charge in [0.2, 0.25) is 0 Å². The fraction of sp³-hybridized carbons (Fsp3) is 0.364. The quantitative estimate of drug-likeness (QED) is 0.609. The van der Waals surface area contributed by atoms with Gasteiger partial charge < -0.3 is 19.4 Å². The Hall–Kier alpha value is -3.22. The molecule has 0 bridgehead atoms. The van der Waals surface area contributed by atoms with Crippen LogP contribution in [-0.2, 0) is 20.1 Å². The van der Waals surface area contributed by atoms with Crippen molar-refractivity contribution in [3.05, 3.63) is 65.9 Å². The Balaban J connectivity index is 1.53. The molecule has 1 aliphatic rings. The molecule has 29 heavy (non-hydrogen) atoms. The van der Waals surface area contributed by atoms with Crippen LogP contribution in [0.1, 0.15) is 42.8 Å². The molecule has 3 aromatic rings. The highest BCUT2D eigenvalue weighted by atomic mass is 16.5. The first-order chi connectivity index (χ1) is 14.1. The zero-order chi connectivity index (χ0) is 20.2. The number of ether oxygens (including phenoxy) is 1. The van der Waals surface area contributed by atoms with Crippen molar-refractivity contribution in [2.24, 2.45) is 7.05 Å². The predicted molar refractivity (Wildman–Crippen MR) is 110 cm³/mol. The average Bonchev–Trinajstić information content (AvgIpc) is 3.29. The van der Waals surface area contributed by atoms with Crippen LogP contribution < -0.4 is 10.1 Å². The molecule has 0 atom stereocenters. The Morgan fingerprint density at radius 1 is 1.28 bits per heavy atom. The van der Waals surface area contributed by atoms with E-state index in [0.29, 0.717) is 37.1 Å². The Labute approximate surface area is 170 Å². The SMILES string of the molecule is CCOc1ccccc1NC(=O)N(Cc1cc(C2CC2)n(C)n1)Cc1ccco1. The number of aromatic nitrogens is 2. The standard InChI is InChI=1S/C22H26N4O3/c1-3-28-21-9-5-4-8-19(21)23-22(27)26(15-18-7-6-12-29-18)14-17-13-20(16-10-11-16)25(2)24-17/h4-9,12-13,16H,3,10-11,14-15H2,1-2H3,(H,23,27). The molecule has 0 spiro atoms. The number of para-hydroxylation sites is 2. The highest BCUT2D eigenvalue weighted by Gasteiger charge is 2.28. The number of carbonyl (C=O) groups excluding carboxylic acids is 1. The zero-order valence-electron chi connectivity index (χ0n) is 16.8. The molecule has 0 saturated heterocycles. The van der Waals surface area contributed by atoms with Gasteiger partial charge in [-0.1, -0.05) is 12.1 Å². The molecule has 2 aromatic heterocycles. The molecule has 7 nitrogen and oxygen atoms in total. The first-order valence-corrected chi connectivity index (χ1v) is 9.97. The highest BCUT2D eigenvalue weighted by molar-refractivity contribution is 5.90. The fourth-order valence-electron chi connectivity index (χ4n) is 3.41. The van der Waals surface area contributed by atoms with Crippen LogP contribution in [0.2, 0.25) is 0 Å². The van der Waals surface area contributed by atoms with E-state index in [1.807, 2.05) is 55.1 Å². The van der Waals surface area contributed by atoms with Gasteiger partial charge in [-0.2, -0.15) is 5.10 Å². The molecule has 2 amide bonds. The number of hydrogen-bond acceptors (Lipinski definition) is 4. The van der Waals surface area contributed by atoms with Crippen LogP contribution in [0.3, 0.4) is 0 Å². The molecular weight excluding hydrogens is 368 g/mol. The van der Waals surface area contributed by atoms with E-state index in [-0.39, 0.29) is 6.03 Å². The maximum Gasteiger partial charge on any atom is 0.322 e. The second-order valence-electron chi connectivity index (χ2n) is 7.25. The van der Waals surface area contributed by atoms with Crippen molar-refractivity contribution in [1.82, 2.24) is 14.7 Å². The van der Waals surface area contributed by atoms with Gasteiger partial charge in [-0.05, 0) is 50.1 Å². The number of amides is 2. The number of hydrogen-bond donors (Lipinski definition) is 1. The second-order valence-corrected chi connectivity index (χ2v) is 7.25. The first kappa shape index (κ1) is 19.1. The van der Waals surface area contributed by atoms with Crippen molar-refractivity contribution in [3.63, 3.8) is 0 Å². The van der Waals surface area contributed by atoms with Crippen molar-refractivity contribution in [1.29, 1.82) is 0 Å². The maximum atomic E-state index is 13.1. The van der Waals surface area contributed by atoms with E-state index in [1.54, 1.807) is 11.2 Å². The average molecular weight is 394 g/mol. The van der Waals surface area contributed by atoms with Crippen LogP contribution in [0.25, 0.3) is 0 Å². The van der Waals surface area contributed by atoms with Crippen LogP contribution in [0, 0.1) is 0 Å². The molecule has 0 radical (unpaired) electrons. The molecule has 152 valence electrons. The van der Waals surface area contributed by atoms with Crippen LogP contribution in [0.4, 0.5) is 10.5 Å². The smallest absolute Gasteiger partial charge is 0.322 e. The zero-order valence-corrected chi connectivity index (χ0v) is 16.8. The monoisotopic (exact) mass is 394 g/mol. The van der Waals surface area contributed by atoms with Gasteiger partial charge in [-0.3, -0.25) is 4.68 Å². The third-order valence-electron chi connectivity index (χ3n) is 4.96. The lowest BCUT2D eigenvalue weighted by atomic mass is 10.2. The number of nitrogens with zero attached hydrogens (tertiary/aromatic N) is 3. The largest absolute Gasteiger partial charge is 0.492 e. The Kier molecular flexibility index (Phi) is 5.55. The number of urea groups is 1. The number of anilines is 1. The van der Waals surface area contributed by atoms with Crippen molar-refractivity contribution in [2.45, 2.75) is 38.8 Å². The molecular formula is C22H26N4O3. The number of carbonyl (C=O) groups is 1.